The summed E-state index contributed by atoms with van der Waals surface area (Å²) in [7, 11) is 2.00. The van der Waals surface area contributed by atoms with Crippen molar-refractivity contribution in [3.63, 3.8) is 0 Å². The van der Waals surface area contributed by atoms with Crippen LogP contribution in [0.2, 0.25) is 5.02 Å². The van der Waals surface area contributed by atoms with Crippen LogP contribution in [0.4, 0.5) is 5.69 Å². The molecule has 9 heteroatoms. The third-order valence-electron chi connectivity index (χ3n) is 10.4. The van der Waals surface area contributed by atoms with Crippen molar-refractivity contribution in [2.24, 2.45) is 17.8 Å². The van der Waals surface area contributed by atoms with E-state index in [-0.39, 0.29) is 35.2 Å². The van der Waals surface area contributed by atoms with Crippen LogP contribution in [0.25, 0.3) is 0 Å². The Labute approximate surface area is 276 Å². The minimum atomic E-state index is -1.46. The van der Waals surface area contributed by atoms with Gasteiger partial charge >= 0.3 is 0 Å². The van der Waals surface area contributed by atoms with Crippen LogP contribution in [-0.4, -0.2) is 71.3 Å². The van der Waals surface area contributed by atoms with E-state index >= 15 is 0 Å². The third kappa shape index (κ3) is 6.99. The number of fused-ring (bicyclic) bond motifs is 4. The Balaban J connectivity index is 0.00000128. The number of rotatable bonds is 1. The van der Waals surface area contributed by atoms with E-state index in [1.807, 2.05) is 38.3 Å². The number of hydrogen-bond acceptors (Lipinski definition) is 6. The molecule has 2 bridgehead atoms. The summed E-state index contributed by atoms with van der Waals surface area (Å²) >= 11 is 6.43. The van der Waals surface area contributed by atoms with Crippen molar-refractivity contribution in [3.8, 4) is 5.75 Å². The van der Waals surface area contributed by atoms with E-state index in [0.29, 0.717) is 24.0 Å². The van der Waals surface area contributed by atoms with Gasteiger partial charge in [-0.05, 0) is 112 Å². The Kier molecular flexibility index (Phi) is 11.0. The molecule has 2 aliphatic heterocycles. The predicted octanol–water partition coefficient (Wildman–Crippen LogP) is 6.57. The number of ether oxygens (including phenoxy) is 2. The molecular formula is C36H49ClN2O5S. The fraction of sp³-hybridized carbons (Fsp3) is 0.583. The van der Waals surface area contributed by atoms with Gasteiger partial charge in [0.1, 0.15) is 16.7 Å². The number of carbonyl (C=O) groups is 1. The van der Waals surface area contributed by atoms with Crippen molar-refractivity contribution >= 4 is 34.2 Å². The number of methoxy groups -OCH3 is 1. The van der Waals surface area contributed by atoms with E-state index in [0.717, 1.165) is 68.1 Å². The first-order valence-electron chi connectivity index (χ1n) is 16.4. The zero-order chi connectivity index (χ0) is 32.3. The highest BCUT2D eigenvalue weighted by Gasteiger charge is 2.44. The van der Waals surface area contributed by atoms with Gasteiger partial charge in [-0.2, -0.15) is 0 Å². The van der Waals surface area contributed by atoms with Gasteiger partial charge in [0.15, 0.2) is 0 Å². The van der Waals surface area contributed by atoms with Crippen LogP contribution < -0.4 is 9.64 Å². The molecule has 6 rings (SSSR count). The van der Waals surface area contributed by atoms with Gasteiger partial charge in [0.05, 0.1) is 23.6 Å². The smallest absolute Gasteiger partial charge is 0.265 e. The number of nitrogens with zero attached hydrogens (tertiary/aromatic N) is 2. The minimum absolute atomic E-state index is 0.0504. The molecule has 1 fully saturated rings. The van der Waals surface area contributed by atoms with E-state index < -0.39 is 11.0 Å². The van der Waals surface area contributed by atoms with Crippen LogP contribution >= 0.6 is 11.6 Å². The van der Waals surface area contributed by atoms with E-state index in [9.17, 15) is 9.00 Å². The summed E-state index contributed by atoms with van der Waals surface area (Å²) in [5, 5.41) is 8.17. The number of aliphatic hydroxyl groups excluding tert-OH is 1. The molecule has 7 nitrogen and oxygen atoms in total. The van der Waals surface area contributed by atoms with E-state index in [2.05, 4.69) is 36.1 Å². The number of allylic oxidation sites excluding steroid dienone is 1. The minimum Gasteiger partial charge on any atom is -0.490 e. The number of halogens is 1. The second kappa shape index (κ2) is 14.6. The molecule has 1 N–H and O–H groups in total. The fourth-order valence-corrected chi connectivity index (χ4v) is 8.98. The van der Waals surface area contributed by atoms with E-state index in [1.165, 1.54) is 15.4 Å². The molecule has 2 aliphatic carbocycles. The highest BCUT2D eigenvalue weighted by atomic mass is 35.5. The summed E-state index contributed by atoms with van der Waals surface area (Å²) < 4.78 is 27.6. The van der Waals surface area contributed by atoms with E-state index in [4.69, 9.17) is 26.2 Å². The predicted molar refractivity (Wildman–Crippen MR) is 183 cm³/mol. The molecule has 0 aromatic heterocycles. The SMILES string of the molecule is CCO.COC1/C=C/CC(C)C(C)S(=O)N(C)C(=O)c2ccc3c(c2)N(CC2CCC21)C[C@@]1(CCCc2cc(Cl)ccc21)CO3. The number of hydrogen-bond donors (Lipinski definition) is 1. The maximum Gasteiger partial charge on any atom is 0.265 e. The molecule has 2 aromatic rings. The van der Waals surface area contributed by atoms with Crippen molar-refractivity contribution in [3.05, 3.63) is 70.3 Å². The van der Waals surface area contributed by atoms with Gasteiger partial charge in [-0.3, -0.25) is 9.10 Å². The van der Waals surface area contributed by atoms with Crippen LogP contribution in [0.3, 0.4) is 0 Å². The second-order valence-corrected chi connectivity index (χ2v) is 15.5. The molecule has 246 valence electrons. The number of benzene rings is 2. The molecule has 1 saturated carbocycles. The molecule has 1 amide bonds. The Morgan fingerprint density at radius 3 is 2.67 bits per heavy atom. The first-order valence-corrected chi connectivity index (χ1v) is 18.0. The first kappa shape index (κ1) is 34.0. The molecule has 1 spiro atoms. The van der Waals surface area contributed by atoms with Crippen LogP contribution in [0.15, 0.2) is 48.6 Å². The van der Waals surface area contributed by atoms with Gasteiger partial charge in [-0.25, -0.2) is 4.21 Å². The van der Waals surface area contributed by atoms with Crippen LogP contribution in [0.1, 0.15) is 74.4 Å². The number of anilines is 1. The molecule has 2 heterocycles. The van der Waals surface area contributed by atoms with Crippen LogP contribution in [-0.2, 0) is 27.6 Å². The summed E-state index contributed by atoms with van der Waals surface area (Å²) in [5.41, 5.74) is 3.95. The zero-order valence-electron chi connectivity index (χ0n) is 27.3. The standard InChI is InChI=1S/C34H43ClN2O4S.C2H6O/c1-22-7-5-9-31(40-4)28-13-10-26(28)19-37-20-34(16-6-8-24-17-27(35)12-14-29(24)34)21-41-32-15-11-25(18-30(32)37)33(38)36(3)42(39)23(22)2;1-2-3/h5,9,11-12,14-15,17-18,22-23,26,28,31H,6-8,10,13,16,19-21H2,1-4H3;3H,2H2,1H3/b9-5+;/t22?,23?,26?,28?,31?,34-,42?;/m0./s1. The Morgan fingerprint density at radius 1 is 1.18 bits per heavy atom. The Morgan fingerprint density at radius 2 is 1.96 bits per heavy atom. The van der Waals surface area contributed by atoms with Crippen molar-refractivity contribution in [1.82, 2.24) is 4.31 Å². The van der Waals surface area contributed by atoms with Gasteiger partial charge in [-0.1, -0.05) is 36.7 Å². The average Bonchev–Trinajstić information content (AvgIpc) is 3.17. The fourth-order valence-electron chi connectivity index (χ4n) is 7.51. The van der Waals surface area contributed by atoms with Gasteiger partial charge in [0.2, 0.25) is 0 Å². The van der Waals surface area contributed by atoms with Crippen LogP contribution in [0, 0.1) is 17.8 Å². The van der Waals surface area contributed by atoms with Gasteiger partial charge in [-0.15, -0.1) is 0 Å². The number of carbonyl (C=O) groups excluding carboxylic acids is 1. The van der Waals surface area contributed by atoms with Gasteiger partial charge in [0, 0.05) is 49.9 Å². The van der Waals surface area contributed by atoms with Crippen molar-refractivity contribution in [1.29, 1.82) is 0 Å². The molecule has 2 aromatic carbocycles. The maximum absolute atomic E-state index is 13.7. The van der Waals surface area contributed by atoms with Gasteiger partial charge < -0.3 is 19.5 Å². The Bertz CT molecular complexity index is 1420. The summed E-state index contributed by atoms with van der Waals surface area (Å²) in [6.45, 7) is 8.26. The lowest BCUT2D eigenvalue weighted by atomic mass is 9.68. The lowest BCUT2D eigenvalue weighted by Crippen LogP contribution is -2.49. The Hall–Kier alpha value is -2.39. The zero-order valence-corrected chi connectivity index (χ0v) is 28.9. The molecule has 6 unspecified atom stereocenters. The lowest BCUT2D eigenvalue weighted by molar-refractivity contribution is 0.0131. The second-order valence-electron chi connectivity index (χ2n) is 13.2. The third-order valence-corrected chi connectivity index (χ3v) is 12.5. The average molecular weight is 657 g/mol. The topological polar surface area (TPSA) is 79.3 Å². The van der Waals surface area contributed by atoms with Crippen molar-refractivity contribution in [2.45, 2.75) is 76.1 Å². The first-order chi connectivity index (χ1) is 21.6. The maximum atomic E-state index is 13.7. The quantitative estimate of drug-likeness (QED) is 0.350. The monoisotopic (exact) mass is 656 g/mol. The number of amides is 1. The largest absolute Gasteiger partial charge is 0.490 e. The molecule has 0 radical (unpaired) electrons. The lowest BCUT2D eigenvalue weighted by Gasteiger charge is -2.46. The molecule has 0 saturated heterocycles. The normalized spacial score (nSPS) is 32.2. The van der Waals surface area contributed by atoms with Crippen LogP contribution in [0.5, 0.6) is 5.75 Å². The number of aliphatic hydroxyl groups is 1. The van der Waals surface area contributed by atoms with Gasteiger partial charge in [0.25, 0.3) is 5.91 Å². The molecule has 7 atom stereocenters. The summed E-state index contributed by atoms with van der Waals surface area (Å²) in [6, 6.07) is 12.1. The number of aryl methyl sites for hydroxylation is 1. The summed E-state index contributed by atoms with van der Waals surface area (Å²) in [5.74, 6) is 1.62. The molecule has 4 aliphatic rings. The van der Waals surface area contributed by atoms with Crippen molar-refractivity contribution in [2.75, 3.05) is 45.4 Å². The van der Waals surface area contributed by atoms with Crippen molar-refractivity contribution < 1.29 is 23.6 Å². The molecular weight excluding hydrogens is 608 g/mol. The summed E-state index contributed by atoms with van der Waals surface area (Å²) in [4.78, 5) is 16.2. The van der Waals surface area contributed by atoms with E-state index in [1.54, 1.807) is 14.0 Å². The highest BCUT2D eigenvalue weighted by Crippen LogP contribution is 2.47. The molecule has 45 heavy (non-hydrogen) atoms. The summed E-state index contributed by atoms with van der Waals surface area (Å²) in [6.07, 6.45) is 10.7. The highest BCUT2D eigenvalue weighted by molar-refractivity contribution is 7.83.